The zero-order valence-electron chi connectivity index (χ0n) is 10.6. The zero-order valence-corrected chi connectivity index (χ0v) is 10.6. The molecule has 3 N–H and O–H groups in total. The van der Waals surface area contributed by atoms with Crippen molar-refractivity contribution in [1.82, 2.24) is 5.32 Å². The maximum absolute atomic E-state index is 5.75. The first-order valence-electron chi connectivity index (χ1n) is 5.59. The fraction of sp³-hybridized carbons (Fsp3) is 0.833. The first-order chi connectivity index (χ1) is 6.92. The molecule has 3 heteroatoms. The van der Waals surface area contributed by atoms with Crippen LogP contribution in [0.1, 0.15) is 27.7 Å². The van der Waals surface area contributed by atoms with Gasteiger partial charge in [-0.1, -0.05) is 26.0 Å². The maximum Gasteiger partial charge on any atom is 0.0672 e. The molecule has 0 aromatic rings. The normalized spacial score (nSPS) is 15.3. The van der Waals surface area contributed by atoms with E-state index in [-0.39, 0.29) is 5.54 Å². The molecule has 0 spiro atoms. The van der Waals surface area contributed by atoms with Gasteiger partial charge in [-0.2, -0.15) is 0 Å². The second-order valence-corrected chi connectivity index (χ2v) is 4.71. The molecule has 0 amide bonds. The highest BCUT2D eigenvalue weighted by atomic mass is 16.5. The van der Waals surface area contributed by atoms with E-state index in [1.165, 1.54) is 0 Å². The molecule has 1 atom stereocenters. The monoisotopic (exact) mass is 214 g/mol. The highest BCUT2D eigenvalue weighted by Gasteiger charge is 2.25. The summed E-state index contributed by atoms with van der Waals surface area (Å²) in [5.41, 5.74) is 6.82. The Morgan fingerprint density at radius 3 is 2.53 bits per heavy atom. The fourth-order valence-electron chi connectivity index (χ4n) is 1.17. The second kappa shape index (κ2) is 6.99. The van der Waals surface area contributed by atoms with Crippen molar-refractivity contribution in [3.63, 3.8) is 0 Å². The molecular formula is C12H26N2O. The molecule has 15 heavy (non-hydrogen) atoms. The van der Waals surface area contributed by atoms with Crippen molar-refractivity contribution in [2.75, 3.05) is 26.3 Å². The van der Waals surface area contributed by atoms with Gasteiger partial charge in [-0.15, -0.1) is 0 Å². The molecule has 1 unspecified atom stereocenters. The van der Waals surface area contributed by atoms with Crippen LogP contribution in [0.25, 0.3) is 0 Å². The summed E-state index contributed by atoms with van der Waals surface area (Å²) in [5.74, 6) is 0.517. The van der Waals surface area contributed by atoms with Crippen molar-refractivity contribution < 1.29 is 4.74 Å². The fourth-order valence-corrected chi connectivity index (χ4v) is 1.17. The van der Waals surface area contributed by atoms with Crippen LogP contribution in [0.5, 0.6) is 0 Å². The number of hydrogen-bond donors (Lipinski definition) is 2. The van der Waals surface area contributed by atoms with Crippen molar-refractivity contribution in [1.29, 1.82) is 0 Å². The Morgan fingerprint density at radius 1 is 1.53 bits per heavy atom. The summed E-state index contributed by atoms with van der Waals surface area (Å²) in [6, 6.07) is 0. The van der Waals surface area contributed by atoms with E-state index in [2.05, 4.69) is 32.7 Å². The molecule has 0 aliphatic rings. The molecule has 0 saturated carbocycles. The smallest absolute Gasteiger partial charge is 0.0672 e. The Balaban J connectivity index is 3.69. The van der Waals surface area contributed by atoms with Gasteiger partial charge in [-0.05, 0) is 19.8 Å². The lowest BCUT2D eigenvalue weighted by Crippen LogP contribution is -2.53. The van der Waals surface area contributed by atoms with E-state index in [4.69, 9.17) is 10.5 Å². The van der Waals surface area contributed by atoms with Crippen molar-refractivity contribution in [3.05, 3.63) is 12.2 Å². The molecule has 0 rings (SSSR count). The molecule has 0 aliphatic heterocycles. The molecule has 0 aliphatic carbocycles. The van der Waals surface area contributed by atoms with E-state index < -0.39 is 0 Å². The third-order valence-electron chi connectivity index (χ3n) is 2.82. The van der Waals surface area contributed by atoms with Crippen LogP contribution in [0.2, 0.25) is 0 Å². The predicted molar refractivity (Wildman–Crippen MR) is 65.9 cm³/mol. The third kappa shape index (κ3) is 5.92. The van der Waals surface area contributed by atoms with Gasteiger partial charge in [0.05, 0.1) is 13.2 Å². The second-order valence-electron chi connectivity index (χ2n) is 4.71. The summed E-state index contributed by atoms with van der Waals surface area (Å²) in [4.78, 5) is 0. The lowest BCUT2D eigenvalue weighted by molar-refractivity contribution is 0.143. The summed E-state index contributed by atoms with van der Waals surface area (Å²) in [7, 11) is 0. The van der Waals surface area contributed by atoms with Crippen LogP contribution in [0.15, 0.2) is 12.2 Å². The van der Waals surface area contributed by atoms with Gasteiger partial charge in [0.2, 0.25) is 0 Å². The van der Waals surface area contributed by atoms with Crippen LogP contribution in [0.4, 0.5) is 0 Å². The molecule has 90 valence electrons. The average Bonchev–Trinajstić information content (AvgIpc) is 2.16. The third-order valence-corrected chi connectivity index (χ3v) is 2.82. The summed E-state index contributed by atoms with van der Waals surface area (Å²) in [6.45, 7) is 15.1. The number of nitrogens with one attached hydrogen (secondary N) is 1. The molecule has 0 saturated heterocycles. The van der Waals surface area contributed by atoms with Crippen LogP contribution in [-0.4, -0.2) is 31.8 Å². The van der Waals surface area contributed by atoms with Crippen LogP contribution in [0.3, 0.4) is 0 Å². The first kappa shape index (κ1) is 14.6. The molecule has 0 bridgehead atoms. The number of rotatable bonds is 8. The minimum absolute atomic E-state index is 0.00653. The topological polar surface area (TPSA) is 47.3 Å². The minimum atomic E-state index is 0.00653. The van der Waals surface area contributed by atoms with E-state index >= 15 is 0 Å². The van der Waals surface area contributed by atoms with Gasteiger partial charge in [-0.25, -0.2) is 0 Å². The summed E-state index contributed by atoms with van der Waals surface area (Å²) < 4.78 is 5.41. The number of nitrogens with two attached hydrogens (primary N) is 1. The van der Waals surface area contributed by atoms with Crippen LogP contribution >= 0.6 is 0 Å². The van der Waals surface area contributed by atoms with Crippen molar-refractivity contribution in [3.8, 4) is 0 Å². The van der Waals surface area contributed by atoms with E-state index in [9.17, 15) is 0 Å². The molecule has 3 nitrogen and oxygen atoms in total. The molecular weight excluding hydrogens is 188 g/mol. The molecule has 0 radical (unpaired) electrons. The summed E-state index contributed by atoms with van der Waals surface area (Å²) in [5, 5.41) is 3.44. The SMILES string of the molecule is C=C(C)COCCNC(C)(CN)C(C)C. The Bertz CT molecular complexity index is 192. The quantitative estimate of drug-likeness (QED) is 0.476. The molecule has 0 heterocycles. The van der Waals surface area contributed by atoms with Gasteiger partial charge in [0.1, 0.15) is 0 Å². The van der Waals surface area contributed by atoms with Gasteiger partial charge in [0.15, 0.2) is 0 Å². The zero-order chi connectivity index (χ0) is 11.9. The predicted octanol–water partition coefficient (Wildman–Crippen LogP) is 1.54. The number of ether oxygens (including phenoxy) is 1. The van der Waals surface area contributed by atoms with Gasteiger partial charge < -0.3 is 15.8 Å². The van der Waals surface area contributed by atoms with Gasteiger partial charge in [-0.3, -0.25) is 0 Å². The molecule has 0 aromatic carbocycles. The van der Waals surface area contributed by atoms with E-state index in [1.807, 2.05) is 6.92 Å². The van der Waals surface area contributed by atoms with Crippen molar-refractivity contribution in [2.24, 2.45) is 11.7 Å². The lowest BCUT2D eigenvalue weighted by Gasteiger charge is -2.33. The van der Waals surface area contributed by atoms with Crippen LogP contribution in [0, 0.1) is 5.92 Å². The maximum atomic E-state index is 5.75. The molecule has 0 aromatic heterocycles. The van der Waals surface area contributed by atoms with Crippen molar-refractivity contribution in [2.45, 2.75) is 33.2 Å². The Kier molecular flexibility index (Phi) is 6.81. The Hall–Kier alpha value is -0.380. The highest BCUT2D eigenvalue weighted by Crippen LogP contribution is 2.13. The van der Waals surface area contributed by atoms with E-state index in [1.54, 1.807) is 0 Å². The van der Waals surface area contributed by atoms with Crippen molar-refractivity contribution >= 4 is 0 Å². The number of hydrogen-bond acceptors (Lipinski definition) is 3. The summed E-state index contributed by atoms with van der Waals surface area (Å²) in [6.07, 6.45) is 0. The van der Waals surface area contributed by atoms with Crippen LogP contribution < -0.4 is 11.1 Å². The Labute approximate surface area is 94.1 Å². The first-order valence-corrected chi connectivity index (χ1v) is 5.59. The van der Waals surface area contributed by atoms with Gasteiger partial charge in [0, 0.05) is 18.6 Å². The standard InChI is InChI=1S/C12H26N2O/c1-10(2)8-15-7-6-14-12(5,9-13)11(3)4/h11,14H,1,6-9,13H2,2-5H3. The average molecular weight is 214 g/mol. The molecule has 0 fully saturated rings. The van der Waals surface area contributed by atoms with Gasteiger partial charge in [0.25, 0.3) is 0 Å². The summed E-state index contributed by atoms with van der Waals surface area (Å²) >= 11 is 0. The Morgan fingerprint density at radius 2 is 2.13 bits per heavy atom. The minimum Gasteiger partial charge on any atom is -0.376 e. The van der Waals surface area contributed by atoms with E-state index in [0.717, 1.165) is 12.1 Å². The van der Waals surface area contributed by atoms with Gasteiger partial charge >= 0.3 is 0 Å². The van der Waals surface area contributed by atoms with Crippen LogP contribution in [-0.2, 0) is 4.74 Å². The largest absolute Gasteiger partial charge is 0.376 e. The highest BCUT2D eigenvalue weighted by molar-refractivity contribution is 4.88. The lowest BCUT2D eigenvalue weighted by atomic mass is 9.88. The van der Waals surface area contributed by atoms with E-state index in [0.29, 0.717) is 25.7 Å².